The Labute approximate surface area is 114 Å². The van der Waals surface area contributed by atoms with Crippen LogP contribution < -0.4 is 11.1 Å². The van der Waals surface area contributed by atoms with Gasteiger partial charge in [-0.05, 0) is 31.7 Å². The second-order valence-electron chi connectivity index (χ2n) is 6.60. The van der Waals surface area contributed by atoms with Gasteiger partial charge in [0.05, 0.1) is 16.4 Å². The normalized spacial score (nSPS) is 12.6. The molecule has 1 rings (SSSR count). The quantitative estimate of drug-likeness (QED) is 0.784. The first kappa shape index (κ1) is 15.1. The predicted octanol–water partition coefficient (Wildman–Crippen LogP) is 4.69. The first-order valence-electron chi connectivity index (χ1n) is 6.03. The molecule has 0 aliphatic carbocycles. The van der Waals surface area contributed by atoms with Gasteiger partial charge in [0, 0.05) is 11.6 Å². The Morgan fingerprint density at radius 1 is 1.22 bits per heavy atom. The van der Waals surface area contributed by atoms with Gasteiger partial charge in [-0.25, -0.2) is 4.39 Å². The van der Waals surface area contributed by atoms with Crippen LogP contribution in [0.2, 0.25) is 5.02 Å². The third-order valence-electron chi connectivity index (χ3n) is 2.54. The van der Waals surface area contributed by atoms with E-state index in [1.807, 2.05) is 0 Å². The molecule has 18 heavy (non-hydrogen) atoms. The van der Waals surface area contributed by atoms with Gasteiger partial charge in [0.15, 0.2) is 0 Å². The van der Waals surface area contributed by atoms with Gasteiger partial charge in [-0.15, -0.1) is 0 Å². The minimum atomic E-state index is -0.458. The van der Waals surface area contributed by atoms with E-state index in [-0.39, 0.29) is 16.0 Å². The Bertz CT molecular complexity index is 436. The highest BCUT2D eigenvalue weighted by molar-refractivity contribution is 6.31. The first-order valence-corrected chi connectivity index (χ1v) is 6.41. The molecule has 0 aliphatic heterocycles. The number of nitrogens with one attached hydrogen (secondary N) is 1. The van der Waals surface area contributed by atoms with E-state index in [0.29, 0.717) is 11.4 Å². The SMILES string of the molecule is CC(C)(C)CC(C)(C)Nc1cc(F)c(Cl)cc1N. The fourth-order valence-electron chi connectivity index (χ4n) is 2.41. The molecule has 2 nitrogen and oxygen atoms in total. The summed E-state index contributed by atoms with van der Waals surface area (Å²) in [5.41, 5.74) is 6.90. The summed E-state index contributed by atoms with van der Waals surface area (Å²) >= 11 is 5.68. The number of nitrogens with two attached hydrogens (primary N) is 1. The second kappa shape index (κ2) is 4.96. The molecule has 3 N–H and O–H groups in total. The van der Waals surface area contributed by atoms with Crippen molar-refractivity contribution in [1.29, 1.82) is 0 Å². The van der Waals surface area contributed by atoms with Crippen molar-refractivity contribution < 1.29 is 4.39 Å². The van der Waals surface area contributed by atoms with E-state index in [0.717, 1.165) is 6.42 Å². The van der Waals surface area contributed by atoms with Crippen LogP contribution in [-0.2, 0) is 0 Å². The van der Waals surface area contributed by atoms with Gasteiger partial charge in [0.1, 0.15) is 5.82 Å². The zero-order valence-corrected chi connectivity index (χ0v) is 12.5. The van der Waals surface area contributed by atoms with Crippen LogP contribution in [0.25, 0.3) is 0 Å². The summed E-state index contributed by atoms with van der Waals surface area (Å²) in [6.45, 7) is 10.7. The smallest absolute Gasteiger partial charge is 0.143 e. The van der Waals surface area contributed by atoms with E-state index in [9.17, 15) is 4.39 Å². The van der Waals surface area contributed by atoms with Crippen LogP contribution in [0.1, 0.15) is 41.0 Å². The maximum absolute atomic E-state index is 13.4. The van der Waals surface area contributed by atoms with Crippen molar-refractivity contribution >= 4 is 23.0 Å². The lowest BCUT2D eigenvalue weighted by Crippen LogP contribution is -2.35. The van der Waals surface area contributed by atoms with Crippen molar-refractivity contribution in [3.63, 3.8) is 0 Å². The molecular formula is C14H22ClFN2. The number of benzene rings is 1. The van der Waals surface area contributed by atoms with Gasteiger partial charge in [-0.3, -0.25) is 0 Å². The summed E-state index contributed by atoms with van der Waals surface area (Å²) in [5.74, 6) is -0.458. The van der Waals surface area contributed by atoms with Crippen molar-refractivity contribution in [3.8, 4) is 0 Å². The van der Waals surface area contributed by atoms with Crippen LogP contribution in [0.4, 0.5) is 15.8 Å². The highest BCUT2D eigenvalue weighted by Gasteiger charge is 2.26. The number of nitrogen functional groups attached to an aromatic ring is 1. The molecule has 0 bridgehead atoms. The highest BCUT2D eigenvalue weighted by Crippen LogP contribution is 2.33. The fraction of sp³-hybridized carbons (Fsp3) is 0.571. The molecule has 0 radical (unpaired) electrons. The summed E-state index contributed by atoms with van der Waals surface area (Å²) in [6.07, 6.45) is 0.934. The molecule has 1 aromatic rings. The number of hydrogen-bond acceptors (Lipinski definition) is 2. The Kier molecular flexibility index (Phi) is 4.16. The highest BCUT2D eigenvalue weighted by atomic mass is 35.5. The lowest BCUT2D eigenvalue weighted by atomic mass is 9.81. The molecule has 0 spiro atoms. The third-order valence-corrected chi connectivity index (χ3v) is 2.83. The molecule has 0 saturated carbocycles. The second-order valence-corrected chi connectivity index (χ2v) is 7.01. The molecule has 0 aromatic heterocycles. The van der Waals surface area contributed by atoms with Crippen molar-refractivity contribution in [3.05, 3.63) is 23.0 Å². The van der Waals surface area contributed by atoms with Crippen molar-refractivity contribution in [2.45, 2.75) is 46.6 Å². The van der Waals surface area contributed by atoms with Gasteiger partial charge in [-0.2, -0.15) is 0 Å². The third kappa shape index (κ3) is 4.37. The lowest BCUT2D eigenvalue weighted by molar-refractivity contribution is 0.302. The zero-order chi connectivity index (χ0) is 14.1. The van der Waals surface area contributed by atoms with E-state index in [4.69, 9.17) is 17.3 Å². The lowest BCUT2D eigenvalue weighted by Gasteiger charge is -2.34. The van der Waals surface area contributed by atoms with Gasteiger partial charge in [0.2, 0.25) is 0 Å². The summed E-state index contributed by atoms with van der Waals surface area (Å²) in [6, 6.07) is 2.79. The number of anilines is 2. The summed E-state index contributed by atoms with van der Waals surface area (Å²) in [7, 11) is 0. The standard InChI is InChI=1S/C14H22ClFN2/c1-13(2,3)8-14(4,5)18-12-7-10(16)9(15)6-11(12)17/h6-7,18H,8,17H2,1-5H3. The van der Waals surface area contributed by atoms with Crippen molar-refractivity contribution in [2.24, 2.45) is 5.41 Å². The monoisotopic (exact) mass is 272 g/mol. The van der Waals surface area contributed by atoms with Gasteiger partial charge in [-0.1, -0.05) is 32.4 Å². The van der Waals surface area contributed by atoms with Crippen molar-refractivity contribution in [1.82, 2.24) is 0 Å². The summed E-state index contributed by atoms with van der Waals surface area (Å²) in [5, 5.41) is 3.34. The average Bonchev–Trinajstić information content (AvgIpc) is 2.09. The van der Waals surface area contributed by atoms with Crippen LogP contribution in [0.3, 0.4) is 0 Å². The zero-order valence-electron chi connectivity index (χ0n) is 11.7. The summed E-state index contributed by atoms with van der Waals surface area (Å²) in [4.78, 5) is 0. The van der Waals surface area contributed by atoms with E-state index in [1.165, 1.54) is 12.1 Å². The maximum Gasteiger partial charge on any atom is 0.143 e. The largest absolute Gasteiger partial charge is 0.397 e. The molecule has 0 amide bonds. The van der Waals surface area contributed by atoms with Crippen LogP contribution >= 0.6 is 11.6 Å². The average molecular weight is 273 g/mol. The maximum atomic E-state index is 13.4. The van der Waals surface area contributed by atoms with Crippen LogP contribution in [0.15, 0.2) is 12.1 Å². The van der Waals surface area contributed by atoms with E-state index in [1.54, 1.807) is 0 Å². The molecule has 0 atom stereocenters. The molecular weight excluding hydrogens is 251 g/mol. The minimum Gasteiger partial charge on any atom is -0.397 e. The number of halogens is 2. The number of rotatable bonds is 3. The molecule has 0 heterocycles. The molecule has 1 aromatic carbocycles. The Balaban J connectivity index is 2.94. The van der Waals surface area contributed by atoms with Crippen LogP contribution in [0, 0.1) is 11.2 Å². The molecule has 0 aliphatic rings. The van der Waals surface area contributed by atoms with Crippen LogP contribution in [-0.4, -0.2) is 5.54 Å². The van der Waals surface area contributed by atoms with Crippen LogP contribution in [0.5, 0.6) is 0 Å². The fourth-order valence-corrected chi connectivity index (χ4v) is 2.58. The van der Waals surface area contributed by atoms with Gasteiger partial charge < -0.3 is 11.1 Å². The Hall–Kier alpha value is -0.960. The molecule has 0 saturated heterocycles. The van der Waals surface area contributed by atoms with Crippen molar-refractivity contribution in [2.75, 3.05) is 11.1 Å². The van der Waals surface area contributed by atoms with Gasteiger partial charge in [0.25, 0.3) is 0 Å². The topological polar surface area (TPSA) is 38.0 Å². The first-order chi connectivity index (χ1) is 8.00. The molecule has 102 valence electrons. The van der Waals surface area contributed by atoms with Gasteiger partial charge >= 0.3 is 0 Å². The predicted molar refractivity (Wildman–Crippen MR) is 77.6 cm³/mol. The van der Waals surface area contributed by atoms with E-state index < -0.39 is 5.82 Å². The van der Waals surface area contributed by atoms with E-state index in [2.05, 4.69) is 39.9 Å². The Morgan fingerprint density at radius 2 is 1.78 bits per heavy atom. The minimum absolute atomic E-state index is 0.0478. The molecule has 0 unspecified atom stereocenters. The summed E-state index contributed by atoms with van der Waals surface area (Å²) < 4.78 is 13.4. The Morgan fingerprint density at radius 3 is 2.28 bits per heavy atom. The number of hydrogen-bond donors (Lipinski definition) is 2. The van der Waals surface area contributed by atoms with E-state index >= 15 is 0 Å². The molecule has 0 fully saturated rings. The molecule has 4 heteroatoms.